The second-order valence-electron chi connectivity index (χ2n) is 7.02. The van der Waals surface area contributed by atoms with Crippen molar-refractivity contribution < 1.29 is 9.90 Å². The van der Waals surface area contributed by atoms with E-state index in [1.165, 1.54) is 4.90 Å². The van der Waals surface area contributed by atoms with E-state index in [0.717, 1.165) is 22.2 Å². The zero-order valence-electron chi connectivity index (χ0n) is 14.6. The molecule has 0 unspecified atom stereocenters. The van der Waals surface area contributed by atoms with Gasteiger partial charge in [0.2, 0.25) is 0 Å². The summed E-state index contributed by atoms with van der Waals surface area (Å²) in [6, 6.07) is 15.4. The number of benzene rings is 2. The van der Waals surface area contributed by atoms with Crippen molar-refractivity contribution in [2.24, 2.45) is 0 Å². The molecule has 0 bridgehead atoms. The Morgan fingerprint density at radius 2 is 1.88 bits per heavy atom. The van der Waals surface area contributed by atoms with Gasteiger partial charge in [0, 0.05) is 17.5 Å². The van der Waals surface area contributed by atoms with Gasteiger partial charge in [-0.05, 0) is 50.6 Å². The van der Waals surface area contributed by atoms with Crippen LogP contribution in [0.1, 0.15) is 26.3 Å². The van der Waals surface area contributed by atoms with Crippen LogP contribution in [0.15, 0.2) is 48.5 Å². The van der Waals surface area contributed by atoms with Crippen molar-refractivity contribution in [1.82, 2.24) is 14.7 Å². The molecular weight excluding hydrogens is 316 g/mol. The number of carbonyl (C=O) groups is 1. The molecule has 0 aliphatic rings. The lowest BCUT2D eigenvalue weighted by molar-refractivity contribution is 0.0956. The molecule has 0 aliphatic carbocycles. The summed E-state index contributed by atoms with van der Waals surface area (Å²) in [5, 5.41) is 14.9. The SMILES string of the molecule is CC(C)(C)N(Cc1ccc2c(N)n(-c3ccccc3)nc2c1)C(=O)O. The molecule has 3 aromatic rings. The fourth-order valence-corrected chi connectivity index (χ4v) is 2.79. The lowest BCUT2D eigenvalue weighted by Gasteiger charge is -2.33. The zero-order valence-corrected chi connectivity index (χ0v) is 14.6. The van der Waals surface area contributed by atoms with E-state index < -0.39 is 11.6 Å². The van der Waals surface area contributed by atoms with E-state index >= 15 is 0 Å². The Morgan fingerprint density at radius 3 is 2.48 bits per heavy atom. The first-order chi connectivity index (χ1) is 11.8. The van der Waals surface area contributed by atoms with Crippen molar-refractivity contribution in [2.45, 2.75) is 32.9 Å². The number of carboxylic acid groups (broad SMARTS) is 1. The van der Waals surface area contributed by atoms with E-state index in [-0.39, 0.29) is 0 Å². The van der Waals surface area contributed by atoms with Gasteiger partial charge in [0.1, 0.15) is 5.82 Å². The fraction of sp³-hybridized carbons (Fsp3) is 0.263. The maximum absolute atomic E-state index is 11.5. The number of fused-ring (bicyclic) bond motifs is 1. The molecule has 6 nitrogen and oxygen atoms in total. The summed E-state index contributed by atoms with van der Waals surface area (Å²) >= 11 is 0. The van der Waals surface area contributed by atoms with Crippen LogP contribution in [-0.4, -0.2) is 31.4 Å². The summed E-state index contributed by atoms with van der Waals surface area (Å²) in [5.74, 6) is 0.568. The quantitative estimate of drug-likeness (QED) is 0.759. The number of hydrogen-bond donors (Lipinski definition) is 2. The normalized spacial score (nSPS) is 11.6. The monoisotopic (exact) mass is 338 g/mol. The Bertz CT molecular complexity index is 910. The van der Waals surface area contributed by atoms with Crippen molar-refractivity contribution in [3.8, 4) is 5.69 Å². The van der Waals surface area contributed by atoms with Gasteiger partial charge in [-0.3, -0.25) is 4.90 Å². The van der Waals surface area contributed by atoms with Gasteiger partial charge in [-0.15, -0.1) is 0 Å². The second kappa shape index (κ2) is 6.12. The first-order valence-electron chi connectivity index (χ1n) is 8.10. The molecule has 6 heteroatoms. The number of nitrogen functional groups attached to an aromatic ring is 1. The minimum absolute atomic E-state index is 0.298. The smallest absolute Gasteiger partial charge is 0.408 e. The largest absolute Gasteiger partial charge is 0.465 e. The number of anilines is 1. The predicted molar refractivity (Wildman–Crippen MR) is 98.8 cm³/mol. The standard InChI is InChI=1S/C19H22N4O2/c1-19(2,3)22(18(24)25)12-13-9-10-15-16(11-13)21-23(17(15)20)14-7-5-4-6-8-14/h4-11H,12,20H2,1-3H3,(H,24,25). The summed E-state index contributed by atoms with van der Waals surface area (Å²) < 4.78 is 1.70. The molecule has 0 radical (unpaired) electrons. The molecule has 130 valence electrons. The van der Waals surface area contributed by atoms with Crippen LogP contribution < -0.4 is 5.73 Å². The van der Waals surface area contributed by atoms with Crippen molar-refractivity contribution in [3.63, 3.8) is 0 Å². The number of nitrogens with zero attached hydrogens (tertiary/aromatic N) is 3. The van der Waals surface area contributed by atoms with Gasteiger partial charge in [0.15, 0.2) is 0 Å². The molecule has 3 rings (SSSR count). The third-order valence-corrected chi connectivity index (χ3v) is 4.16. The van der Waals surface area contributed by atoms with Crippen molar-refractivity contribution in [1.29, 1.82) is 0 Å². The molecule has 0 saturated heterocycles. The minimum Gasteiger partial charge on any atom is -0.465 e. The van der Waals surface area contributed by atoms with E-state index in [2.05, 4.69) is 5.10 Å². The number of rotatable bonds is 3. The predicted octanol–water partition coefficient (Wildman–Crippen LogP) is 3.89. The molecule has 0 aliphatic heterocycles. The summed E-state index contributed by atoms with van der Waals surface area (Å²) in [6.07, 6.45) is -0.943. The molecule has 1 heterocycles. The third kappa shape index (κ3) is 3.28. The fourth-order valence-electron chi connectivity index (χ4n) is 2.79. The molecule has 25 heavy (non-hydrogen) atoms. The number of hydrogen-bond acceptors (Lipinski definition) is 3. The maximum atomic E-state index is 11.5. The summed E-state index contributed by atoms with van der Waals surface area (Å²) in [7, 11) is 0. The summed E-state index contributed by atoms with van der Waals surface area (Å²) in [6.45, 7) is 5.93. The van der Waals surface area contributed by atoms with Gasteiger partial charge in [-0.2, -0.15) is 5.10 Å². The molecule has 0 saturated carbocycles. The highest BCUT2D eigenvalue weighted by Crippen LogP contribution is 2.26. The Balaban J connectivity index is 1.99. The van der Waals surface area contributed by atoms with E-state index in [0.29, 0.717) is 12.4 Å². The Kier molecular flexibility index (Phi) is 4.12. The number of nitrogens with two attached hydrogens (primary N) is 1. The van der Waals surface area contributed by atoms with Crippen LogP contribution in [-0.2, 0) is 6.54 Å². The number of amides is 1. The Hall–Kier alpha value is -3.02. The summed E-state index contributed by atoms with van der Waals surface area (Å²) in [4.78, 5) is 13.0. The average molecular weight is 338 g/mol. The Morgan fingerprint density at radius 1 is 1.20 bits per heavy atom. The molecule has 0 spiro atoms. The van der Waals surface area contributed by atoms with Crippen molar-refractivity contribution in [2.75, 3.05) is 5.73 Å². The third-order valence-electron chi connectivity index (χ3n) is 4.16. The van der Waals surface area contributed by atoms with Crippen LogP contribution in [0.5, 0.6) is 0 Å². The highest BCUT2D eigenvalue weighted by Gasteiger charge is 2.26. The van der Waals surface area contributed by atoms with Gasteiger partial charge >= 0.3 is 6.09 Å². The molecule has 3 N–H and O–H groups in total. The van der Waals surface area contributed by atoms with E-state index in [1.807, 2.05) is 69.3 Å². The second-order valence-corrected chi connectivity index (χ2v) is 7.02. The van der Waals surface area contributed by atoms with Crippen LogP contribution in [0, 0.1) is 0 Å². The Labute approximate surface area is 146 Å². The van der Waals surface area contributed by atoms with Gasteiger partial charge in [-0.25, -0.2) is 9.48 Å². The highest BCUT2D eigenvalue weighted by molar-refractivity contribution is 5.90. The van der Waals surface area contributed by atoms with Crippen molar-refractivity contribution >= 4 is 22.8 Å². The van der Waals surface area contributed by atoms with Crippen LogP contribution >= 0.6 is 0 Å². The lowest BCUT2D eigenvalue weighted by Crippen LogP contribution is -2.44. The molecule has 1 amide bonds. The number of aromatic nitrogens is 2. The summed E-state index contributed by atoms with van der Waals surface area (Å²) in [5.41, 5.74) is 8.27. The van der Waals surface area contributed by atoms with Gasteiger partial charge < -0.3 is 10.8 Å². The van der Waals surface area contributed by atoms with Crippen LogP contribution in [0.3, 0.4) is 0 Å². The molecule has 1 aromatic heterocycles. The first-order valence-corrected chi connectivity index (χ1v) is 8.10. The topological polar surface area (TPSA) is 84.4 Å². The van der Waals surface area contributed by atoms with Gasteiger partial charge in [-0.1, -0.05) is 24.3 Å². The van der Waals surface area contributed by atoms with Crippen molar-refractivity contribution in [3.05, 3.63) is 54.1 Å². The molecule has 2 aromatic carbocycles. The van der Waals surface area contributed by atoms with Gasteiger partial charge in [0.05, 0.1) is 11.2 Å². The highest BCUT2D eigenvalue weighted by atomic mass is 16.4. The van der Waals surface area contributed by atoms with E-state index in [9.17, 15) is 9.90 Å². The molecule has 0 atom stereocenters. The zero-order chi connectivity index (χ0) is 18.2. The van der Waals surface area contributed by atoms with Crippen LogP contribution in [0.25, 0.3) is 16.6 Å². The maximum Gasteiger partial charge on any atom is 0.408 e. The minimum atomic E-state index is -0.943. The van der Waals surface area contributed by atoms with Gasteiger partial charge in [0.25, 0.3) is 0 Å². The van der Waals surface area contributed by atoms with Crippen LogP contribution in [0.4, 0.5) is 10.6 Å². The van der Waals surface area contributed by atoms with E-state index in [4.69, 9.17) is 5.73 Å². The molecule has 0 fully saturated rings. The lowest BCUT2D eigenvalue weighted by atomic mass is 10.0. The number of para-hydroxylation sites is 1. The first kappa shape index (κ1) is 16.8. The average Bonchev–Trinajstić information content (AvgIpc) is 2.88. The van der Waals surface area contributed by atoms with Crippen LogP contribution in [0.2, 0.25) is 0 Å². The van der Waals surface area contributed by atoms with E-state index in [1.54, 1.807) is 4.68 Å². The molecular formula is C19H22N4O2.